The van der Waals surface area contributed by atoms with Crippen LogP contribution in [0.15, 0.2) is 79.1 Å². The highest BCUT2D eigenvalue weighted by Crippen LogP contribution is 2.56. The smallest absolute Gasteiger partial charge is 0.256 e. The molecule has 0 radical (unpaired) electrons. The van der Waals surface area contributed by atoms with E-state index in [9.17, 15) is 9.59 Å². The van der Waals surface area contributed by atoms with Gasteiger partial charge in [0.15, 0.2) is 0 Å². The minimum atomic E-state index is -0.229. The van der Waals surface area contributed by atoms with Gasteiger partial charge in [0.1, 0.15) is 11.6 Å². The minimum Gasteiger partial charge on any atom is -0.338 e. The molecular formula is C32H31N5O2. The van der Waals surface area contributed by atoms with Crippen LogP contribution < -0.4 is 10.6 Å². The number of amides is 2. The fraction of sp³-hybridized carbons (Fsp3) is 0.312. The molecule has 2 amide bonds. The summed E-state index contributed by atoms with van der Waals surface area (Å²) in [5, 5.41) is 6.10. The molecule has 0 aliphatic heterocycles. The first-order valence-electron chi connectivity index (χ1n) is 13.9. The number of rotatable bonds is 6. The molecule has 7 heteroatoms. The molecule has 7 nitrogen and oxygen atoms in total. The highest BCUT2D eigenvalue weighted by atomic mass is 16.2. The van der Waals surface area contributed by atoms with Gasteiger partial charge in [0.2, 0.25) is 5.91 Å². The highest BCUT2D eigenvalue weighted by molar-refractivity contribution is 6.04. The molecule has 0 spiro atoms. The van der Waals surface area contributed by atoms with Crippen LogP contribution in [-0.4, -0.2) is 26.8 Å². The number of aromatic amines is 1. The van der Waals surface area contributed by atoms with Gasteiger partial charge < -0.3 is 15.6 Å². The van der Waals surface area contributed by atoms with Crippen molar-refractivity contribution in [2.45, 2.75) is 32.1 Å². The second-order valence-corrected chi connectivity index (χ2v) is 11.4. The number of H-pyrrole nitrogens is 1. The standard InChI is InChI=1S/C32H31N5O2/c38-31(37-28-10-3-4-11-33-28)22-7-5-6-21(17-22)27-18-34-30(35-27)25-8-1-2-9-26(25)36-32(39)29-23-13-19-12-20(15-23)16-24(29)14-19/h1-11,17-20,23-24,29H,12-16H2,(H,34,35)(H,36,39)(H,33,37,38). The van der Waals surface area contributed by atoms with E-state index in [4.69, 9.17) is 0 Å². The quantitative estimate of drug-likeness (QED) is 0.275. The molecule has 2 aromatic carbocycles. The number of nitrogens with zero attached hydrogens (tertiary/aromatic N) is 2. The van der Waals surface area contributed by atoms with Gasteiger partial charge >= 0.3 is 0 Å². The van der Waals surface area contributed by atoms with Crippen molar-refractivity contribution in [2.24, 2.45) is 29.6 Å². The van der Waals surface area contributed by atoms with Crippen molar-refractivity contribution in [3.05, 3.63) is 84.7 Å². The normalized spacial score (nSPS) is 24.9. The molecule has 4 aliphatic carbocycles. The van der Waals surface area contributed by atoms with E-state index >= 15 is 0 Å². The summed E-state index contributed by atoms with van der Waals surface area (Å²) in [6, 6.07) is 20.6. The third-order valence-corrected chi connectivity index (χ3v) is 8.89. The molecule has 196 valence electrons. The van der Waals surface area contributed by atoms with Gasteiger partial charge in [0, 0.05) is 28.8 Å². The van der Waals surface area contributed by atoms with Crippen molar-refractivity contribution < 1.29 is 9.59 Å². The summed E-state index contributed by atoms with van der Waals surface area (Å²) >= 11 is 0. The number of imidazole rings is 1. The number of aromatic nitrogens is 3. The Morgan fingerprint density at radius 1 is 0.795 bits per heavy atom. The average Bonchev–Trinajstić information content (AvgIpc) is 3.44. The lowest BCUT2D eigenvalue weighted by Crippen LogP contribution is -2.49. The predicted molar refractivity (Wildman–Crippen MR) is 151 cm³/mol. The Balaban J connectivity index is 1.10. The van der Waals surface area contributed by atoms with Crippen molar-refractivity contribution in [3.63, 3.8) is 0 Å². The topological polar surface area (TPSA) is 99.8 Å². The highest BCUT2D eigenvalue weighted by Gasteiger charge is 2.50. The van der Waals surface area contributed by atoms with Crippen LogP contribution in [-0.2, 0) is 4.79 Å². The van der Waals surface area contributed by atoms with Crippen LogP contribution in [0.5, 0.6) is 0 Å². The fourth-order valence-corrected chi connectivity index (χ4v) is 7.43. The molecule has 4 fully saturated rings. The van der Waals surface area contributed by atoms with Crippen LogP contribution in [0.25, 0.3) is 22.6 Å². The minimum absolute atomic E-state index is 0.123. The van der Waals surface area contributed by atoms with Crippen molar-refractivity contribution in [1.29, 1.82) is 0 Å². The third kappa shape index (κ3) is 4.62. The Hall–Kier alpha value is -4.26. The maximum Gasteiger partial charge on any atom is 0.256 e. The number of carbonyl (C=O) groups excluding carboxylic acids is 2. The lowest BCUT2D eigenvalue weighted by Gasteiger charge is -2.53. The molecule has 4 aromatic rings. The Kier molecular flexibility index (Phi) is 5.99. The maximum atomic E-state index is 13.6. The summed E-state index contributed by atoms with van der Waals surface area (Å²) in [5.41, 5.74) is 3.79. The molecule has 0 atom stereocenters. The van der Waals surface area contributed by atoms with E-state index in [2.05, 4.69) is 25.6 Å². The van der Waals surface area contributed by atoms with Gasteiger partial charge in [-0.1, -0.05) is 30.3 Å². The number of hydrogen-bond acceptors (Lipinski definition) is 4. The summed E-state index contributed by atoms with van der Waals surface area (Å²) < 4.78 is 0. The van der Waals surface area contributed by atoms with E-state index in [0.717, 1.165) is 34.3 Å². The fourth-order valence-electron chi connectivity index (χ4n) is 7.43. The van der Waals surface area contributed by atoms with Gasteiger partial charge in [-0.05, 0) is 92.2 Å². The number of para-hydroxylation sites is 1. The van der Waals surface area contributed by atoms with E-state index in [0.29, 0.717) is 29.0 Å². The van der Waals surface area contributed by atoms with Gasteiger partial charge in [-0.3, -0.25) is 9.59 Å². The molecule has 4 aliphatic rings. The second-order valence-electron chi connectivity index (χ2n) is 11.4. The zero-order valence-electron chi connectivity index (χ0n) is 21.6. The number of nitrogens with one attached hydrogen (secondary N) is 3. The number of pyridine rings is 1. The van der Waals surface area contributed by atoms with E-state index < -0.39 is 0 Å². The Morgan fingerprint density at radius 3 is 2.33 bits per heavy atom. The monoisotopic (exact) mass is 517 g/mol. The SMILES string of the molecule is O=C(Nc1ccccn1)c1cccc(-c2cnc(-c3ccccc3NC(=O)C3C4CC5CC(C4)CC3C5)[nH]2)c1. The van der Waals surface area contributed by atoms with Gasteiger partial charge in [-0.15, -0.1) is 0 Å². The average molecular weight is 518 g/mol. The number of anilines is 2. The number of benzene rings is 2. The third-order valence-electron chi connectivity index (χ3n) is 8.89. The van der Waals surface area contributed by atoms with Crippen LogP contribution in [0.4, 0.5) is 11.5 Å². The first kappa shape index (κ1) is 23.8. The Labute approximate surface area is 227 Å². The molecule has 8 rings (SSSR count). The van der Waals surface area contributed by atoms with E-state index in [1.165, 1.54) is 32.1 Å². The Morgan fingerprint density at radius 2 is 1.56 bits per heavy atom. The van der Waals surface area contributed by atoms with Crippen molar-refractivity contribution in [2.75, 3.05) is 10.6 Å². The molecule has 39 heavy (non-hydrogen) atoms. The zero-order valence-corrected chi connectivity index (χ0v) is 21.6. The second kappa shape index (κ2) is 9.80. The van der Waals surface area contributed by atoms with Crippen molar-refractivity contribution in [1.82, 2.24) is 15.0 Å². The van der Waals surface area contributed by atoms with Gasteiger partial charge in [-0.2, -0.15) is 0 Å². The van der Waals surface area contributed by atoms with E-state index in [1.54, 1.807) is 30.6 Å². The summed E-state index contributed by atoms with van der Waals surface area (Å²) in [6.45, 7) is 0. The molecule has 0 unspecified atom stereocenters. The largest absolute Gasteiger partial charge is 0.338 e. The first-order chi connectivity index (χ1) is 19.1. The van der Waals surface area contributed by atoms with Crippen LogP contribution in [0.3, 0.4) is 0 Å². The molecule has 4 bridgehead atoms. The molecule has 0 saturated heterocycles. The molecule has 2 aromatic heterocycles. The van der Waals surface area contributed by atoms with Gasteiger partial charge in [-0.25, -0.2) is 9.97 Å². The molecule has 4 saturated carbocycles. The van der Waals surface area contributed by atoms with Crippen LogP contribution in [0.1, 0.15) is 42.5 Å². The summed E-state index contributed by atoms with van der Waals surface area (Å²) in [6.07, 6.45) is 9.65. The number of hydrogen-bond donors (Lipinski definition) is 3. The van der Waals surface area contributed by atoms with E-state index in [-0.39, 0.29) is 17.7 Å². The number of carbonyl (C=O) groups is 2. The lowest BCUT2D eigenvalue weighted by atomic mass is 9.51. The predicted octanol–water partition coefficient (Wildman–Crippen LogP) is 6.40. The Bertz CT molecular complexity index is 1500. The van der Waals surface area contributed by atoms with Crippen molar-refractivity contribution >= 4 is 23.3 Å². The molecule has 2 heterocycles. The maximum absolute atomic E-state index is 13.6. The molecular weight excluding hydrogens is 486 g/mol. The van der Waals surface area contributed by atoms with Crippen molar-refractivity contribution in [3.8, 4) is 22.6 Å². The van der Waals surface area contributed by atoms with E-state index in [1.807, 2.05) is 48.5 Å². The first-order valence-corrected chi connectivity index (χ1v) is 13.9. The summed E-state index contributed by atoms with van der Waals surface area (Å²) in [5.74, 6) is 3.98. The summed E-state index contributed by atoms with van der Waals surface area (Å²) in [4.78, 5) is 38.5. The van der Waals surface area contributed by atoms with Crippen LogP contribution in [0.2, 0.25) is 0 Å². The zero-order chi connectivity index (χ0) is 26.3. The van der Waals surface area contributed by atoms with Crippen LogP contribution >= 0.6 is 0 Å². The lowest BCUT2D eigenvalue weighted by molar-refractivity contribution is -0.132. The van der Waals surface area contributed by atoms with Crippen LogP contribution in [0, 0.1) is 29.6 Å². The van der Waals surface area contributed by atoms with Gasteiger partial charge in [0.05, 0.1) is 17.6 Å². The molecule has 3 N–H and O–H groups in total. The summed E-state index contributed by atoms with van der Waals surface area (Å²) in [7, 11) is 0. The van der Waals surface area contributed by atoms with Gasteiger partial charge in [0.25, 0.3) is 5.91 Å².